The Morgan fingerprint density at radius 2 is 1.17 bits per heavy atom. The van der Waals surface area contributed by atoms with Gasteiger partial charge in [0.05, 0.1) is 9.16 Å². The monoisotopic (exact) mass is 488 g/mol. The molecule has 4 nitrogen and oxygen atoms in total. The number of carbonyl (C=O) groups excluding carboxylic acids is 2. The molecule has 0 aromatic heterocycles. The maximum absolute atomic E-state index is 11.2. The smallest absolute Gasteiger partial charge is 0.330 e. The second kappa shape index (κ2) is 12.8. The molecular weight excluding hydrogens is 457 g/mol. The molecule has 0 aromatic carbocycles. The predicted octanol–water partition coefficient (Wildman–Crippen LogP) is 5.38. The zero-order valence-electron chi connectivity index (χ0n) is 17.4. The quantitative estimate of drug-likeness (QED) is 0.300. The van der Waals surface area contributed by atoms with Crippen LogP contribution in [0.4, 0.5) is 0 Å². The maximum Gasteiger partial charge on any atom is 0.330 e. The molecule has 1 aliphatic carbocycles. The van der Waals surface area contributed by atoms with E-state index in [0.29, 0.717) is 32.9 Å². The molecular formula is C22H32O4S4. The summed E-state index contributed by atoms with van der Waals surface area (Å²) in [5.41, 5.74) is 0. The van der Waals surface area contributed by atoms with Crippen LogP contribution in [0.5, 0.6) is 0 Å². The largest absolute Gasteiger partial charge is 0.461 e. The third kappa shape index (κ3) is 8.06. The van der Waals surface area contributed by atoms with E-state index in [9.17, 15) is 9.59 Å². The first-order valence-corrected chi connectivity index (χ1v) is 14.7. The maximum atomic E-state index is 11.2. The minimum absolute atomic E-state index is 0.315. The van der Waals surface area contributed by atoms with E-state index in [1.807, 2.05) is 47.0 Å². The van der Waals surface area contributed by atoms with Crippen molar-refractivity contribution in [2.24, 2.45) is 11.8 Å². The second-order valence-corrected chi connectivity index (χ2v) is 14.2. The van der Waals surface area contributed by atoms with Gasteiger partial charge in [0.2, 0.25) is 0 Å². The van der Waals surface area contributed by atoms with Gasteiger partial charge in [-0.25, -0.2) is 9.59 Å². The zero-order chi connectivity index (χ0) is 21.3. The van der Waals surface area contributed by atoms with Crippen molar-refractivity contribution in [3.05, 3.63) is 25.3 Å². The fraction of sp³-hybridized carbons (Fsp3) is 0.727. The van der Waals surface area contributed by atoms with Crippen LogP contribution in [-0.2, 0) is 19.1 Å². The van der Waals surface area contributed by atoms with E-state index in [1.54, 1.807) is 0 Å². The molecule has 0 amide bonds. The molecule has 3 aliphatic rings. The van der Waals surface area contributed by atoms with Crippen LogP contribution in [0.25, 0.3) is 0 Å². The first kappa shape index (κ1) is 24.5. The van der Waals surface area contributed by atoms with Crippen molar-refractivity contribution in [2.45, 2.75) is 58.2 Å². The first-order chi connectivity index (χ1) is 14.6. The van der Waals surface area contributed by atoms with E-state index in [4.69, 9.17) is 9.47 Å². The fourth-order valence-electron chi connectivity index (χ4n) is 4.15. The highest BCUT2D eigenvalue weighted by atomic mass is 32.2. The molecule has 0 spiro atoms. The lowest BCUT2D eigenvalue weighted by Gasteiger charge is -2.31. The molecule has 2 saturated heterocycles. The van der Waals surface area contributed by atoms with Crippen molar-refractivity contribution < 1.29 is 19.1 Å². The zero-order valence-corrected chi connectivity index (χ0v) is 20.6. The molecule has 3 rings (SSSR count). The number of carbonyl (C=O) groups is 2. The molecule has 3 fully saturated rings. The lowest BCUT2D eigenvalue weighted by Crippen LogP contribution is -2.19. The number of rotatable bonds is 10. The Bertz CT molecular complexity index is 554. The van der Waals surface area contributed by atoms with Gasteiger partial charge in [-0.2, -0.15) is 0 Å². The molecule has 0 radical (unpaired) electrons. The van der Waals surface area contributed by atoms with Gasteiger partial charge in [0.25, 0.3) is 0 Å². The van der Waals surface area contributed by atoms with Crippen LogP contribution in [0.3, 0.4) is 0 Å². The van der Waals surface area contributed by atoms with Crippen molar-refractivity contribution >= 4 is 59.0 Å². The summed E-state index contributed by atoms with van der Waals surface area (Å²) in [6.07, 6.45) is 10.4. The normalized spacial score (nSPS) is 33.7. The van der Waals surface area contributed by atoms with Crippen molar-refractivity contribution in [1.29, 1.82) is 0 Å². The molecule has 2 aliphatic heterocycles. The van der Waals surface area contributed by atoms with Crippen LogP contribution in [-0.4, -0.2) is 56.3 Å². The summed E-state index contributed by atoms with van der Waals surface area (Å²) in [5, 5.41) is 0.853. The van der Waals surface area contributed by atoms with E-state index in [0.717, 1.165) is 23.3 Å². The molecule has 8 heteroatoms. The fourth-order valence-corrected chi connectivity index (χ4v) is 11.1. The highest BCUT2D eigenvalue weighted by molar-refractivity contribution is 8.20. The van der Waals surface area contributed by atoms with Crippen molar-refractivity contribution in [1.82, 2.24) is 0 Å². The van der Waals surface area contributed by atoms with Gasteiger partial charge in [0.15, 0.2) is 0 Å². The van der Waals surface area contributed by atoms with E-state index in [-0.39, 0.29) is 11.9 Å². The van der Waals surface area contributed by atoms with Gasteiger partial charge in [0.1, 0.15) is 13.2 Å². The Morgan fingerprint density at radius 1 is 0.767 bits per heavy atom. The number of esters is 2. The highest BCUT2D eigenvalue weighted by Gasteiger charge is 2.33. The number of hydrogen-bond donors (Lipinski definition) is 0. The third-order valence-corrected chi connectivity index (χ3v) is 12.4. The van der Waals surface area contributed by atoms with Gasteiger partial charge >= 0.3 is 11.9 Å². The topological polar surface area (TPSA) is 52.6 Å². The minimum atomic E-state index is -0.315. The van der Waals surface area contributed by atoms with Crippen LogP contribution >= 0.6 is 47.0 Å². The Labute approximate surface area is 197 Å². The van der Waals surface area contributed by atoms with E-state index in [2.05, 4.69) is 13.2 Å². The SMILES string of the molecule is C=CC(=O)OCC1CSC(CC2CCC(CC3SCC(COC(=O)C=C)S3)CC2)S1. The number of hydrogen-bond acceptors (Lipinski definition) is 8. The molecule has 0 N–H and O–H groups in total. The predicted molar refractivity (Wildman–Crippen MR) is 132 cm³/mol. The molecule has 2 heterocycles. The van der Waals surface area contributed by atoms with Gasteiger partial charge in [-0.05, 0) is 24.7 Å². The molecule has 0 bridgehead atoms. The van der Waals surface area contributed by atoms with Gasteiger partial charge in [-0.1, -0.05) is 38.8 Å². The molecule has 0 aromatic rings. The van der Waals surface area contributed by atoms with Crippen molar-refractivity contribution in [2.75, 3.05) is 24.7 Å². The summed E-state index contributed by atoms with van der Waals surface area (Å²) < 4.78 is 11.7. The molecule has 168 valence electrons. The summed E-state index contributed by atoms with van der Waals surface area (Å²) in [6.45, 7) is 7.92. The average Bonchev–Trinajstić information content (AvgIpc) is 3.40. The second-order valence-electron chi connectivity index (χ2n) is 8.07. The molecule has 4 unspecified atom stereocenters. The summed E-state index contributed by atoms with van der Waals surface area (Å²) in [7, 11) is 0. The summed E-state index contributed by atoms with van der Waals surface area (Å²) in [5.74, 6) is 3.21. The lowest BCUT2D eigenvalue weighted by molar-refractivity contribution is -0.138. The molecule has 4 atom stereocenters. The van der Waals surface area contributed by atoms with E-state index < -0.39 is 0 Å². The van der Waals surface area contributed by atoms with E-state index >= 15 is 0 Å². The Kier molecular flexibility index (Phi) is 10.4. The molecule has 30 heavy (non-hydrogen) atoms. The number of thioether (sulfide) groups is 4. The van der Waals surface area contributed by atoms with Crippen LogP contribution in [0.15, 0.2) is 25.3 Å². The Balaban J connectivity index is 1.27. The van der Waals surface area contributed by atoms with Gasteiger partial charge < -0.3 is 9.47 Å². The van der Waals surface area contributed by atoms with Gasteiger partial charge in [0, 0.05) is 34.2 Å². The van der Waals surface area contributed by atoms with Gasteiger partial charge in [-0.3, -0.25) is 0 Å². The average molecular weight is 489 g/mol. The standard InChI is InChI=1S/C22H32O4S4/c1-3-19(23)25-11-17-13-27-21(29-17)9-15-5-7-16(8-6-15)10-22-28-14-18(30-22)12-26-20(24)4-2/h3-4,15-18,21-22H,1-2,5-14H2. The minimum Gasteiger partial charge on any atom is -0.461 e. The van der Waals surface area contributed by atoms with Crippen LogP contribution in [0, 0.1) is 11.8 Å². The third-order valence-electron chi connectivity index (χ3n) is 5.80. The Morgan fingerprint density at radius 3 is 1.53 bits per heavy atom. The first-order valence-electron chi connectivity index (χ1n) is 10.7. The van der Waals surface area contributed by atoms with Crippen molar-refractivity contribution in [3.63, 3.8) is 0 Å². The van der Waals surface area contributed by atoms with Gasteiger partial charge in [-0.15, -0.1) is 47.0 Å². The summed E-state index contributed by atoms with van der Waals surface area (Å²) in [4.78, 5) is 22.5. The van der Waals surface area contributed by atoms with Crippen molar-refractivity contribution in [3.8, 4) is 0 Å². The number of ether oxygens (including phenoxy) is 2. The Hall–Kier alpha value is -0.180. The van der Waals surface area contributed by atoms with Crippen LogP contribution < -0.4 is 0 Å². The van der Waals surface area contributed by atoms with E-state index in [1.165, 1.54) is 50.7 Å². The highest BCUT2D eigenvalue weighted by Crippen LogP contribution is 2.47. The summed E-state index contributed by atoms with van der Waals surface area (Å²) >= 11 is 8.06. The lowest BCUT2D eigenvalue weighted by atomic mass is 9.80. The summed E-state index contributed by atoms with van der Waals surface area (Å²) in [6, 6.07) is 0. The molecule has 1 saturated carbocycles. The van der Waals surface area contributed by atoms with Crippen LogP contribution in [0.1, 0.15) is 38.5 Å². The van der Waals surface area contributed by atoms with Crippen LogP contribution in [0.2, 0.25) is 0 Å².